The molecule has 114 valence electrons. The lowest BCUT2D eigenvalue weighted by Crippen LogP contribution is -2.31. The van der Waals surface area contributed by atoms with Crippen molar-refractivity contribution >= 4 is 32.0 Å². The molecule has 9 heteroatoms. The first-order valence-corrected chi connectivity index (χ1v) is 11.4. The molecule has 0 aliphatic carbocycles. The van der Waals surface area contributed by atoms with Crippen LogP contribution in [0.25, 0.3) is 10.7 Å². The molecule has 0 fully saturated rings. The van der Waals surface area contributed by atoms with Gasteiger partial charge in [0.15, 0.2) is 0 Å². The van der Waals surface area contributed by atoms with E-state index >= 15 is 0 Å². The van der Waals surface area contributed by atoms with Crippen molar-refractivity contribution in [3.8, 4) is 10.7 Å². The van der Waals surface area contributed by atoms with E-state index in [0.717, 1.165) is 6.04 Å². The van der Waals surface area contributed by atoms with E-state index < -0.39 is 15.2 Å². The molecule has 6 nitrogen and oxygen atoms in total. The Morgan fingerprint density at radius 2 is 2.14 bits per heavy atom. The molecule has 2 heterocycles. The summed E-state index contributed by atoms with van der Waals surface area (Å²) in [7, 11) is -2.69. The van der Waals surface area contributed by atoms with Gasteiger partial charge in [-0.2, -0.15) is 5.10 Å². The summed E-state index contributed by atoms with van der Waals surface area (Å²) in [4.78, 5) is 4.22. The number of ether oxygens (including phenoxy) is 1. The summed E-state index contributed by atoms with van der Waals surface area (Å²) in [5.74, 6) is 0. The summed E-state index contributed by atoms with van der Waals surface area (Å²) in [5.41, 5.74) is 0.951. The van der Waals surface area contributed by atoms with E-state index in [9.17, 15) is 10.0 Å². The lowest BCUT2D eigenvalue weighted by molar-refractivity contribution is 0.0798. The topological polar surface area (TPSA) is 80.4 Å². The maximum Gasteiger partial charge on any atom is 0.492 e. The molecule has 0 bridgehead atoms. The van der Waals surface area contributed by atoms with Gasteiger partial charge >= 0.3 is 7.12 Å². The quantitative estimate of drug-likeness (QED) is 0.586. The zero-order valence-electron chi connectivity index (χ0n) is 12.5. The van der Waals surface area contributed by atoms with E-state index in [2.05, 4.69) is 29.7 Å². The van der Waals surface area contributed by atoms with Crippen molar-refractivity contribution in [1.82, 2.24) is 14.8 Å². The van der Waals surface area contributed by atoms with Gasteiger partial charge in [-0.3, -0.25) is 0 Å². The number of rotatable bonds is 7. The van der Waals surface area contributed by atoms with Crippen LogP contribution in [0, 0.1) is 0 Å². The minimum absolute atomic E-state index is 0.284. The van der Waals surface area contributed by atoms with Crippen LogP contribution in [-0.2, 0) is 11.5 Å². The second kappa shape index (κ2) is 6.84. The average molecular weight is 325 g/mol. The van der Waals surface area contributed by atoms with Crippen LogP contribution < -0.4 is 5.46 Å². The molecular formula is C12H20BN3O3SSi. The summed E-state index contributed by atoms with van der Waals surface area (Å²) in [5, 5.41) is 25.6. The van der Waals surface area contributed by atoms with Crippen LogP contribution in [0.2, 0.25) is 25.7 Å². The van der Waals surface area contributed by atoms with Gasteiger partial charge in [0.05, 0.1) is 5.69 Å². The van der Waals surface area contributed by atoms with E-state index in [0.29, 0.717) is 22.8 Å². The van der Waals surface area contributed by atoms with Crippen LogP contribution in [0.5, 0.6) is 0 Å². The third kappa shape index (κ3) is 4.48. The minimum Gasteiger partial charge on any atom is -0.423 e. The molecule has 0 aliphatic rings. The van der Waals surface area contributed by atoms with Gasteiger partial charge in [-0.05, 0) is 6.04 Å². The van der Waals surface area contributed by atoms with Crippen molar-refractivity contribution in [1.29, 1.82) is 0 Å². The Balaban J connectivity index is 2.10. The van der Waals surface area contributed by atoms with Crippen molar-refractivity contribution < 1.29 is 14.8 Å². The van der Waals surface area contributed by atoms with Gasteiger partial charge in [0.25, 0.3) is 0 Å². The summed E-state index contributed by atoms with van der Waals surface area (Å²) >= 11 is 1.43. The third-order valence-corrected chi connectivity index (χ3v) is 5.47. The van der Waals surface area contributed by atoms with Crippen molar-refractivity contribution in [2.24, 2.45) is 0 Å². The lowest BCUT2D eigenvalue weighted by Gasteiger charge is -2.15. The van der Waals surface area contributed by atoms with Gasteiger partial charge in [0.1, 0.15) is 11.7 Å². The molecule has 2 rings (SSSR count). The fraction of sp³-hybridized carbons (Fsp3) is 0.500. The Morgan fingerprint density at radius 3 is 2.71 bits per heavy atom. The maximum atomic E-state index is 9.44. The molecule has 0 radical (unpaired) electrons. The van der Waals surface area contributed by atoms with Gasteiger partial charge < -0.3 is 14.8 Å². The highest BCUT2D eigenvalue weighted by molar-refractivity contribution is 7.13. The second-order valence-corrected chi connectivity index (χ2v) is 12.5. The Labute approximate surface area is 129 Å². The number of aromatic nitrogens is 3. The monoisotopic (exact) mass is 325 g/mol. The largest absolute Gasteiger partial charge is 0.492 e. The van der Waals surface area contributed by atoms with Crippen molar-refractivity contribution in [3.63, 3.8) is 0 Å². The van der Waals surface area contributed by atoms with E-state index in [1.165, 1.54) is 17.5 Å². The van der Waals surface area contributed by atoms with Crippen LogP contribution in [-0.4, -0.2) is 46.6 Å². The predicted octanol–water partition coefficient (Wildman–Crippen LogP) is 0.999. The zero-order valence-corrected chi connectivity index (χ0v) is 14.3. The number of hydrogen-bond donors (Lipinski definition) is 2. The minimum atomic E-state index is -1.57. The Bertz CT molecular complexity index is 569. The molecule has 0 unspecified atom stereocenters. The predicted molar refractivity (Wildman–Crippen MR) is 87.3 cm³/mol. The second-order valence-electron chi connectivity index (χ2n) is 6.01. The first-order chi connectivity index (χ1) is 9.88. The van der Waals surface area contributed by atoms with Crippen LogP contribution in [0.4, 0.5) is 0 Å². The summed E-state index contributed by atoms with van der Waals surface area (Å²) in [6.45, 7) is 7.86. The van der Waals surface area contributed by atoms with Crippen LogP contribution in [0.1, 0.15) is 0 Å². The molecule has 2 aromatic rings. The van der Waals surface area contributed by atoms with Gasteiger partial charge in [-0.25, -0.2) is 9.67 Å². The zero-order chi connectivity index (χ0) is 15.5. The first kappa shape index (κ1) is 16.4. The molecule has 0 amide bonds. The van der Waals surface area contributed by atoms with Crippen LogP contribution in [0.3, 0.4) is 0 Å². The van der Waals surface area contributed by atoms with E-state index in [1.807, 2.05) is 5.38 Å². The van der Waals surface area contributed by atoms with E-state index in [4.69, 9.17) is 4.74 Å². The van der Waals surface area contributed by atoms with Crippen LogP contribution in [0.15, 0.2) is 17.8 Å². The normalized spacial score (nSPS) is 11.9. The van der Waals surface area contributed by atoms with Gasteiger partial charge in [0, 0.05) is 37.9 Å². The molecule has 0 spiro atoms. The summed E-state index contributed by atoms with van der Waals surface area (Å²) in [6, 6.07) is 1.08. The fourth-order valence-corrected chi connectivity index (χ4v) is 3.25. The smallest absolute Gasteiger partial charge is 0.423 e. The lowest BCUT2D eigenvalue weighted by atomic mass is 9.80. The molecular weight excluding hydrogens is 305 g/mol. The standard InChI is InChI=1S/C12H20BN3O3SSi/c1-21(2,3)7-5-19-9-16-11(12-14-4-6-20-12)10(8-15-16)13(17)18/h4,6,8,17-18H,5,7,9H2,1-3H3. The molecule has 2 N–H and O–H groups in total. The van der Waals surface area contributed by atoms with Crippen LogP contribution >= 0.6 is 11.3 Å². The fourth-order valence-electron chi connectivity index (χ4n) is 1.79. The van der Waals surface area contributed by atoms with Crippen molar-refractivity contribution in [2.75, 3.05) is 6.61 Å². The van der Waals surface area contributed by atoms with E-state index in [1.54, 1.807) is 10.9 Å². The summed E-state index contributed by atoms with van der Waals surface area (Å²) < 4.78 is 7.30. The summed E-state index contributed by atoms with van der Waals surface area (Å²) in [6.07, 6.45) is 3.13. The van der Waals surface area contributed by atoms with E-state index in [-0.39, 0.29) is 6.73 Å². The molecule has 0 saturated carbocycles. The molecule has 0 aliphatic heterocycles. The number of thiazole rings is 1. The van der Waals surface area contributed by atoms with Gasteiger partial charge in [-0.1, -0.05) is 19.6 Å². The highest BCUT2D eigenvalue weighted by Gasteiger charge is 2.24. The number of nitrogens with zero attached hydrogens (tertiary/aromatic N) is 3. The maximum absolute atomic E-state index is 9.44. The Hall–Kier alpha value is -0.998. The Morgan fingerprint density at radius 1 is 1.38 bits per heavy atom. The highest BCUT2D eigenvalue weighted by atomic mass is 32.1. The molecule has 0 saturated heterocycles. The Kier molecular flexibility index (Phi) is 5.33. The van der Waals surface area contributed by atoms with Gasteiger partial charge in [-0.15, -0.1) is 11.3 Å². The molecule has 2 aromatic heterocycles. The molecule has 0 aromatic carbocycles. The third-order valence-electron chi connectivity index (χ3n) is 2.99. The number of hydrogen-bond acceptors (Lipinski definition) is 6. The molecule has 0 atom stereocenters. The average Bonchev–Trinajstić information content (AvgIpc) is 3.01. The van der Waals surface area contributed by atoms with Crippen molar-refractivity contribution in [3.05, 3.63) is 17.8 Å². The van der Waals surface area contributed by atoms with Gasteiger partial charge in [0.2, 0.25) is 0 Å². The first-order valence-electron chi connectivity index (χ1n) is 6.78. The highest BCUT2D eigenvalue weighted by Crippen LogP contribution is 2.20. The SMILES string of the molecule is C[Si](C)(C)CCOCn1ncc(B(O)O)c1-c1nccs1. The molecule has 21 heavy (non-hydrogen) atoms. The van der Waals surface area contributed by atoms with Crippen molar-refractivity contribution in [2.45, 2.75) is 32.4 Å².